The highest BCUT2D eigenvalue weighted by Crippen LogP contribution is 2.27. The van der Waals surface area contributed by atoms with Crippen LogP contribution >= 0.6 is 0 Å². The third-order valence-electron chi connectivity index (χ3n) is 6.75. The van der Waals surface area contributed by atoms with Crippen LogP contribution in [0.1, 0.15) is 49.7 Å². The van der Waals surface area contributed by atoms with Crippen molar-refractivity contribution in [3.05, 3.63) is 94.0 Å². The minimum absolute atomic E-state index is 0.156. The Morgan fingerprint density at radius 2 is 1.78 bits per heavy atom. The first-order chi connectivity index (χ1) is 17.8. The van der Waals surface area contributed by atoms with Gasteiger partial charge in [-0.15, -0.1) is 0 Å². The summed E-state index contributed by atoms with van der Waals surface area (Å²) in [4.78, 5) is 34.1. The lowest BCUT2D eigenvalue weighted by Gasteiger charge is -2.31. The van der Waals surface area contributed by atoms with Crippen LogP contribution < -0.4 is 15.6 Å². The topological polar surface area (TPSA) is 76.5 Å². The van der Waals surface area contributed by atoms with Crippen LogP contribution in [0.4, 0.5) is 10.5 Å². The number of carbonyl (C=O) groups excluding carboxylic acids is 1. The van der Waals surface area contributed by atoms with Gasteiger partial charge < -0.3 is 15.0 Å². The molecule has 37 heavy (non-hydrogen) atoms. The van der Waals surface area contributed by atoms with Gasteiger partial charge >= 0.3 is 6.03 Å². The van der Waals surface area contributed by atoms with Crippen LogP contribution in [-0.2, 0) is 0 Å². The third kappa shape index (κ3) is 5.35. The van der Waals surface area contributed by atoms with Crippen LogP contribution in [0.3, 0.4) is 0 Å². The lowest BCUT2D eigenvalue weighted by Crippen LogP contribution is -2.40. The third-order valence-corrected chi connectivity index (χ3v) is 6.75. The first-order valence-corrected chi connectivity index (χ1v) is 12.7. The molecule has 7 heteroatoms. The predicted octanol–water partition coefficient (Wildman–Crippen LogP) is 6.41. The fourth-order valence-corrected chi connectivity index (χ4v) is 4.42. The Balaban J connectivity index is 1.84. The summed E-state index contributed by atoms with van der Waals surface area (Å²) in [5, 5.41) is 3.53. The standard InChI is InChI=1S/C30H34N4O3/c1-6-7-18-33(30(36)32-26-14-10-11-15-27(26)37-5)22(4)28-31-25-13-9-8-12-24(25)29(35)34(28)23-17-16-20(2)21(3)19-23/h8-17,19,22H,6-7,18H2,1-5H3,(H,32,36). The van der Waals surface area contributed by atoms with E-state index in [1.165, 1.54) is 0 Å². The molecule has 0 saturated heterocycles. The number of benzene rings is 3. The molecule has 4 aromatic rings. The number of ether oxygens (including phenoxy) is 1. The summed E-state index contributed by atoms with van der Waals surface area (Å²) >= 11 is 0. The molecule has 0 fully saturated rings. The molecule has 4 rings (SSSR count). The Morgan fingerprint density at radius 1 is 1.05 bits per heavy atom. The fourth-order valence-electron chi connectivity index (χ4n) is 4.42. The van der Waals surface area contributed by atoms with E-state index in [1.54, 1.807) is 34.8 Å². The number of rotatable bonds is 8. The summed E-state index contributed by atoms with van der Waals surface area (Å²) in [6, 6.07) is 19.8. The van der Waals surface area contributed by atoms with Gasteiger partial charge in [0.15, 0.2) is 0 Å². The molecule has 3 aromatic carbocycles. The Labute approximate surface area is 217 Å². The first kappa shape index (κ1) is 25.9. The second kappa shape index (κ2) is 11.3. The van der Waals surface area contributed by atoms with E-state index < -0.39 is 6.04 Å². The van der Waals surface area contributed by atoms with Crippen molar-refractivity contribution in [2.24, 2.45) is 0 Å². The normalized spacial score (nSPS) is 11.8. The number of unbranched alkanes of at least 4 members (excludes halogenated alkanes) is 1. The molecule has 1 aromatic heterocycles. The number of nitrogens with one attached hydrogen (secondary N) is 1. The molecule has 192 valence electrons. The van der Waals surface area contributed by atoms with Gasteiger partial charge in [0.2, 0.25) is 0 Å². The second-order valence-corrected chi connectivity index (χ2v) is 9.25. The van der Waals surface area contributed by atoms with Crippen molar-refractivity contribution in [1.82, 2.24) is 14.5 Å². The molecule has 1 atom stereocenters. The van der Waals surface area contributed by atoms with E-state index in [1.807, 2.05) is 69.3 Å². The number of para-hydroxylation sites is 3. The minimum Gasteiger partial charge on any atom is -0.495 e. The van der Waals surface area contributed by atoms with Gasteiger partial charge in [-0.1, -0.05) is 43.7 Å². The first-order valence-electron chi connectivity index (χ1n) is 12.7. The van der Waals surface area contributed by atoms with Gasteiger partial charge in [-0.05, 0) is 74.7 Å². The number of anilines is 1. The number of nitrogens with zero attached hydrogens (tertiary/aromatic N) is 3. The minimum atomic E-state index is -0.486. The zero-order valence-electron chi connectivity index (χ0n) is 22.1. The van der Waals surface area contributed by atoms with E-state index in [4.69, 9.17) is 9.72 Å². The van der Waals surface area contributed by atoms with Crippen LogP contribution in [-0.4, -0.2) is 34.1 Å². The molecule has 0 spiro atoms. The van der Waals surface area contributed by atoms with Gasteiger partial charge in [0.05, 0.1) is 35.4 Å². The maximum absolute atomic E-state index is 13.8. The van der Waals surface area contributed by atoms with Gasteiger partial charge in [-0.3, -0.25) is 9.36 Å². The van der Waals surface area contributed by atoms with Gasteiger partial charge in [0.1, 0.15) is 11.6 Å². The summed E-state index contributed by atoms with van der Waals surface area (Å²) < 4.78 is 7.07. The van der Waals surface area contributed by atoms with E-state index in [2.05, 4.69) is 12.2 Å². The van der Waals surface area contributed by atoms with E-state index in [0.717, 1.165) is 29.7 Å². The van der Waals surface area contributed by atoms with Gasteiger partial charge in [0, 0.05) is 6.54 Å². The number of aryl methyl sites for hydroxylation is 2. The van der Waals surface area contributed by atoms with Crippen molar-refractivity contribution in [3.8, 4) is 11.4 Å². The second-order valence-electron chi connectivity index (χ2n) is 9.25. The highest BCUT2D eigenvalue weighted by molar-refractivity contribution is 5.91. The smallest absolute Gasteiger partial charge is 0.322 e. The average Bonchev–Trinajstić information content (AvgIpc) is 2.90. The molecule has 0 saturated carbocycles. The number of hydrogen-bond donors (Lipinski definition) is 1. The maximum Gasteiger partial charge on any atom is 0.322 e. The van der Waals surface area contributed by atoms with Crippen LogP contribution in [0.25, 0.3) is 16.6 Å². The highest BCUT2D eigenvalue weighted by Gasteiger charge is 2.27. The van der Waals surface area contributed by atoms with Gasteiger partial charge in [0.25, 0.3) is 5.56 Å². The molecular weight excluding hydrogens is 464 g/mol. The van der Waals surface area contributed by atoms with Crippen molar-refractivity contribution in [2.75, 3.05) is 19.0 Å². The van der Waals surface area contributed by atoms with Gasteiger partial charge in [-0.25, -0.2) is 9.78 Å². The van der Waals surface area contributed by atoms with Crippen LogP contribution in [0.5, 0.6) is 5.75 Å². The zero-order chi connectivity index (χ0) is 26.5. The number of hydrogen-bond acceptors (Lipinski definition) is 4. The Kier molecular flexibility index (Phi) is 7.92. The SMILES string of the molecule is CCCCN(C(=O)Nc1ccccc1OC)C(C)c1nc2ccccc2c(=O)n1-c1ccc(C)c(C)c1. The largest absolute Gasteiger partial charge is 0.495 e. The average molecular weight is 499 g/mol. The number of amides is 2. The van der Waals surface area contributed by atoms with Crippen LogP contribution in [0.15, 0.2) is 71.5 Å². The molecule has 0 bridgehead atoms. The summed E-state index contributed by atoms with van der Waals surface area (Å²) in [5.41, 5.74) is 3.98. The van der Waals surface area contributed by atoms with Gasteiger partial charge in [-0.2, -0.15) is 0 Å². The van der Waals surface area contributed by atoms with E-state index in [9.17, 15) is 9.59 Å². The summed E-state index contributed by atoms with van der Waals surface area (Å²) in [6.07, 6.45) is 1.73. The number of urea groups is 1. The molecule has 1 N–H and O–H groups in total. The molecule has 2 amide bonds. The Morgan fingerprint density at radius 3 is 2.51 bits per heavy atom. The van der Waals surface area contributed by atoms with Crippen LogP contribution in [0.2, 0.25) is 0 Å². The highest BCUT2D eigenvalue weighted by atomic mass is 16.5. The quantitative estimate of drug-likeness (QED) is 0.305. The molecule has 1 heterocycles. The van der Waals surface area contributed by atoms with Crippen molar-refractivity contribution < 1.29 is 9.53 Å². The number of carbonyl (C=O) groups is 1. The molecule has 0 aliphatic carbocycles. The molecule has 0 aliphatic heterocycles. The number of fused-ring (bicyclic) bond motifs is 1. The molecule has 0 radical (unpaired) electrons. The van der Waals surface area contributed by atoms with Crippen LogP contribution in [0, 0.1) is 13.8 Å². The van der Waals surface area contributed by atoms with E-state index in [-0.39, 0.29) is 11.6 Å². The van der Waals surface area contributed by atoms with E-state index in [0.29, 0.717) is 34.7 Å². The Hall–Kier alpha value is -4.13. The Bertz CT molecular complexity index is 1480. The lowest BCUT2D eigenvalue weighted by atomic mass is 10.1. The summed E-state index contributed by atoms with van der Waals surface area (Å²) in [6.45, 7) is 8.58. The van der Waals surface area contributed by atoms with Crippen molar-refractivity contribution in [3.63, 3.8) is 0 Å². The van der Waals surface area contributed by atoms with Crippen molar-refractivity contribution in [2.45, 2.75) is 46.6 Å². The zero-order valence-corrected chi connectivity index (χ0v) is 22.1. The van der Waals surface area contributed by atoms with E-state index >= 15 is 0 Å². The van der Waals surface area contributed by atoms with Crippen molar-refractivity contribution >= 4 is 22.6 Å². The monoisotopic (exact) mass is 498 g/mol. The maximum atomic E-state index is 13.8. The molecule has 7 nitrogen and oxygen atoms in total. The predicted molar refractivity (Wildman–Crippen MR) is 149 cm³/mol. The summed E-state index contributed by atoms with van der Waals surface area (Å²) in [7, 11) is 1.57. The molecule has 1 unspecified atom stereocenters. The van der Waals surface area contributed by atoms with Crippen molar-refractivity contribution in [1.29, 1.82) is 0 Å². The fraction of sp³-hybridized carbons (Fsp3) is 0.300. The lowest BCUT2D eigenvalue weighted by molar-refractivity contribution is 0.188. The number of methoxy groups -OCH3 is 1. The number of aromatic nitrogens is 2. The molecular formula is C30H34N4O3. The summed E-state index contributed by atoms with van der Waals surface area (Å²) in [5.74, 6) is 1.09. The molecule has 0 aliphatic rings.